The van der Waals surface area contributed by atoms with Crippen LogP contribution in [0.5, 0.6) is 5.88 Å². The summed E-state index contributed by atoms with van der Waals surface area (Å²) in [6.45, 7) is 0.428. The van der Waals surface area contributed by atoms with Crippen LogP contribution in [0.15, 0.2) is 18.3 Å². The summed E-state index contributed by atoms with van der Waals surface area (Å²) in [5, 5.41) is 11.2. The summed E-state index contributed by atoms with van der Waals surface area (Å²) in [6.07, 6.45) is 6.29. The van der Waals surface area contributed by atoms with Crippen LogP contribution >= 0.6 is 11.8 Å². The number of carboxylic acid groups (broad SMARTS) is 1. The third-order valence-corrected chi connectivity index (χ3v) is 4.29. The molecule has 22 heavy (non-hydrogen) atoms. The number of nitrogens with zero attached hydrogens (tertiary/aromatic N) is 1. The van der Waals surface area contributed by atoms with E-state index in [2.05, 4.69) is 10.3 Å². The summed E-state index contributed by atoms with van der Waals surface area (Å²) in [7, 11) is 0. The predicted molar refractivity (Wildman–Crippen MR) is 84.4 cm³/mol. The van der Waals surface area contributed by atoms with E-state index in [1.807, 2.05) is 0 Å². The molecule has 6 nitrogen and oxygen atoms in total. The lowest BCUT2D eigenvalue weighted by Crippen LogP contribution is -2.26. The first-order chi connectivity index (χ1) is 10.6. The van der Waals surface area contributed by atoms with Crippen LogP contribution in [0, 0.1) is 0 Å². The number of hydrogen-bond acceptors (Lipinski definition) is 5. The minimum atomic E-state index is -0.849. The number of thioether (sulfide) groups is 1. The Kier molecular flexibility index (Phi) is 6.51. The Morgan fingerprint density at radius 1 is 1.36 bits per heavy atom. The van der Waals surface area contributed by atoms with Crippen molar-refractivity contribution in [3.63, 3.8) is 0 Å². The third kappa shape index (κ3) is 5.55. The van der Waals surface area contributed by atoms with Crippen LogP contribution in [0.4, 0.5) is 0 Å². The lowest BCUT2D eigenvalue weighted by Gasteiger charge is -2.12. The fourth-order valence-corrected chi connectivity index (χ4v) is 2.82. The average molecular weight is 324 g/mol. The molecule has 1 aromatic rings. The Labute approximate surface area is 133 Å². The van der Waals surface area contributed by atoms with E-state index in [1.54, 1.807) is 12.1 Å². The summed E-state index contributed by atoms with van der Waals surface area (Å²) in [4.78, 5) is 26.4. The first-order valence-corrected chi connectivity index (χ1v) is 8.51. The zero-order valence-electron chi connectivity index (χ0n) is 12.3. The largest absolute Gasteiger partial charge is 0.481 e. The Hall–Kier alpha value is -1.76. The minimum absolute atomic E-state index is 0.0463. The lowest BCUT2D eigenvalue weighted by molar-refractivity contribution is -0.133. The molecule has 120 valence electrons. The van der Waals surface area contributed by atoms with Gasteiger partial charge in [0.05, 0.1) is 11.3 Å². The highest BCUT2D eigenvalue weighted by Crippen LogP contribution is 2.22. The fourth-order valence-electron chi connectivity index (χ4n) is 2.26. The second kappa shape index (κ2) is 8.63. The molecule has 1 aliphatic carbocycles. The molecule has 1 heterocycles. The molecule has 2 rings (SSSR count). The van der Waals surface area contributed by atoms with Crippen molar-refractivity contribution in [2.45, 2.75) is 31.8 Å². The normalized spacial score (nSPS) is 14.7. The highest BCUT2D eigenvalue weighted by molar-refractivity contribution is 7.99. The third-order valence-electron chi connectivity index (χ3n) is 3.35. The summed E-state index contributed by atoms with van der Waals surface area (Å²) < 4.78 is 5.74. The zero-order valence-corrected chi connectivity index (χ0v) is 13.1. The number of pyridine rings is 1. The highest BCUT2D eigenvalue weighted by Gasteiger charge is 2.17. The zero-order chi connectivity index (χ0) is 15.8. The van der Waals surface area contributed by atoms with E-state index in [1.165, 1.54) is 30.8 Å². The van der Waals surface area contributed by atoms with E-state index in [0.717, 1.165) is 12.8 Å². The summed E-state index contributed by atoms with van der Waals surface area (Å²) in [5.74, 6) is 0.105. The van der Waals surface area contributed by atoms with Gasteiger partial charge >= 0.3 is 5.97 Å². The summed E-state index contributed by atoms with van der Waals surface area (Å²) in [6, 6.07) is 3.41. The van der Waals surface area contributed by atoms with E-state index >= 15 is 0 Å². The lowest BCUT2D eigenvalue weighted by atomic mass is 10.2. The molecular weight excluding hydrogens is 304 g/mol. The maximum atomic E-state index is 11.9. The molecular formula is C15H20N2O4S. The first-order valence-electron chi connectivity index (χ1n) is 7.35. The fraction of sp³-hybridized carbons (Fsp3) is 0.533. The van der Waals surface area contributed by atoms with Crippen molar-refractivity contribution >= 4 is 23.6 Å². The number of nitrogens with one attached hydrogen (secondary N) is 1. The van der Waals surface area contributed by atoms with Crippen LogP contribution in [0.2, 0.25) is 0 Å². The molecule has 0 bridgehead atoms. The van der Waals surface area contributed by atoms with Crippen LogP contribution in [0.1, 0.15) is 36.0 Å². The number of aliphatic carboxylic acids is 1. The second-order valence-electron chi connectivity index (χ2n) is 5.11. The smallest absolute Gasteiger partial charge is 0.313 e. The quantitative estimate of drug-likeness (QED) is 0.711. The highest BCUT2D eigenvalue weighted by atomic mass is 32.2. The number of hydrogen-bond donors (Lipinski definition) is 2. The standard InChI is InChI=1S/C15H20N2O4S/c18-14(19)10-22-8-7-16-15(20)11-5-6-13(17-9-11)21-12-3-1-2-4-12/h5-6,9,12H,1-4,7-8,10H2,(H,16,20)(H,18,19). The van der Waals surface area contributed by atoms with Crippen molar-refractivity contribution in [3.05, 3.63) is 23.9 Å². The molecule has 7 heteroatoms. The van der Waals surface area contributed by atoms with Crippen LogP contribution in [0.3, 0.4) is 0 Å². The van der Waals surface area contributed by atoms with E-state index < -0.39 is 5.97 Å². The number of carbonyl (C=O) groups excluding carboxylic acids is 1. The molecule has 0 aliphatic heterocycles. The number of amides is 1. The van der Waals surface area contributed by atoms with Crippen molar-refractivity contribution in [3.8, 4) is 5.88 Å². The van der Waals surface area contributed by atoms with E-state index in [9.17, 15) is 9.59 Å². The van der Waals surface area contributed by atoms with Crippen molar-refractivity contribution in [2.75, 3.05) is 18.1 Å². The van der Waals surface area contributed by atoms with Crippen molar-refractivity contribution in [1.29, 1.82) is 0 Å². The molecule has 1 aliphatic rings. The minimum Gasteiger partial charge on any atom is -0.481 e. The topological polar surface area (TPSA) is 88.5 Å². The maximum absolute atomic E-state index is 11.9. The van der Waals surface area contributed by atoms with Crippen LogP contribution in [0.25, 0.3) is 0 Å². The molecule has 1 saturated carbocycles. The van der Waals surface area contributed by atoms with Gasteiger partial charge in [0.25, 0.3) is 5.91 Å². The number of rotatable bonds is 8. The molecule has 2 N–H and O–H groups in total. The molecule has 0 atom stereocenters. The van der Waals surface area contributed by atoms with Crippen LogP contribution in [-0.4, -0.2) is 46.1 Å². The van der Waals surface area contributed by atoms with Gasteiger partial charge in [0.15, 0.2) is 0 Å². The molecule has 0 saturated heterocycles. The summed E-state index contributed by atoms with van der Waals surface area (Å²) in [5.41, 5.74) is 0.474. The first kappa shape index (κ1) is 16.6. The van der Waals surface area contributed by atoms with E-state index in [-0.39, 0.29) is 17.8 Å². The van der Waals surface area contributed by atoms with Crippen molar-refractivity contribution in [2.24, 2.45) is 0 Å². The van der Waals surface area contributed by atoms with Gasteiger partial charge in [-0.15, -0.1) is 11.8 Å². The SMILES string of the molecule is O=C(O)CSCCNC(=O)c1ccc(OC2CCCC2)nc1. The molecule has 0 spiro atoms. The monoisotopic (exact) mass is 324 g/mol. The van der Waals surface area contributed by atoms with Gasteiger partial charge in [-0.2, -0.15) is 0 Å². The molecule has 1 aromatic heterocycles. The van der Waals surface area contributed by atoms with E-state index in [4.69, 9.17) is 9.84 Å². The van der Waals surface area contributed by atoms with Crippen LogP contribution in [-0.2, 0) is 4.79 Å². The van der Waals surface area contributed by atoms with Crippen molar-refractivity contribution in [1.82, 2.24) is 10.3 Å². The van der Waals surface area contributed by atoms with Gasteiger partial charge in [-0.25, -0.2) is 4.98 Å². The van der Waals surface area contributed by atoms with Gasteiger partial charge in [-0.1, -0.05) is 0 Å². The van der Waals surface area contributed by atoms with E-state index in [0.29, 0.717) is 23.7 Å². The molecule has 1 fully saturated rings. The average Bonchev–Trinajstić information content (AvgIpc) is 3.00. The molecule has 0 unspecified atom stereocenters. The van der Waals surface area contributed by atoms with Gasteiger partial charge in [0.2, 0.25) is 5.88 Å². The molecule has 0 radical (unpaired) electrons. The summed E-state index contributed by atoms with van der Waals surface area (Å²) >= 11 is 1.27. The molecule has 0 aromatic carbocycles. The Balaban J connectivity index is 1.72. The van der Waals surface area contributed by atoms with Gasteiger partial charge in [-0.3, -0.25) is 9.59 Å². The Morgan fingerprint density at radius 3 is 2.77 bits per heavy atom. The van der Waals surface area contributed by atoms with Crippen molar-refractivity contribution < 1.29 is 19.4 Å². The predicted octanol–water partition coefficient (Wildman–Crippen LogP) is 1.95. The number of carbonyl (C=O) groups is 2. The molecule has 1 amide bonds. The number of aromatic nitrogens is 1. The van der Waals surface area contributed by atoms with Gasteiger partial charge in [0.1, 0.15) is 6.10 Å². The Morgan fingerprint density at radius 2 is 2.14 bits per heavy atom. The number of ether oxygens (including phenoxy) is 1. The Bertz CT molecular complexity index is 501. The van der Waals surface area contributed by atoms with Gasteiger partial charge in [-0.05, 0) is 31.7 Å². The van der Waals surface area contributed by atoms with Crippen LogP contribution < -0.4 is 10.1 Å². The van der Waals surface area contributed by atoms with Gasteiger partial charge in [0, 0.05) is 24.6 Å². The number of carboxylic acids is 1. The maximum Gasteiger partial charge on any atom is 0.313 e. The van der Waals surface area contributed by atoms with Gasteiger partial charge < -0.3 is 15.2 Å². The second-order valence-corrected chi connectivity index (χ2v) is 6.22.